The topological polar surface area (TPSA) is 263 Å². The summed E-state index contributed by atoms with van der Waals surface area (Å²) >= 11 is 9.13. The summed E-state index contributed by atoms with van der Waals surface area (Å²) in [6.45, 7) is 39.1. The van der Waals surface area contributed by atoms with E-state index in [4.69, 9.17) is 23.1 Å². The molecule has 9 heterocycles. The van der Waals surface area contributed by atoms with Crippen LogP contribution >= 0.6 is 27.5 Å². The number of carbonyl (C=O) groups excluding carboxylic acids is 1. The van der Waals surface area contributed by atoms with Crippen LogP contribution in [0.4, 0.5) is 27.7 Å². The van der Waals surface area contributed by atoms with Crippen LogP contribution in [-0.4, -0.2) is 65.4 Å². The van der Waals surface area contributed by atoms with Gasteiger partial charge in [0, 0.05) is 72.4 Å². The van der Waals surface area contributed by atoms with E-state index < -0.39 is 16.0 Å². The van der Waals surface area contributed by atoms with Crippen LogP contribution in [0.25, 0.3) is 0 Å². The highest BCUT2D eigenvalue weighted by atomic mass is 79.9. The molecule has 520 valence electrons. The van der Waals surface area contributed by atoms with Gasteiger partial charge >= 0.3 is 0 Å². The molecule has 0 unspecified atom stereocenters. The number of amides is 1. The predicted molar refractivity (Wildman–Crippen MR) is 402 cm³/mol. The van der Waals surface area contributed by atoms with Crippen LogP contribution in [0.3, 0.4) is 0 Å². The summed E-state index contributed by atoms with van der Waals surface area (Å²) in [6, 6.07) is 42.8. The Labute approximate surface area is 585 Å². The zero-order valence-electron chi connectivity index (χ0n) is 59.8. The molecular weight excluding hydrogens is 1310 g/mol. The molecule has 0 aliphatic rings. The zero-order chi connectivity index (χ0) is 72.7. The predicted octanol–water partition coefficient (Wildman–Crippen LogP) is 19.2. The van der Waals surface area contributed by atoms with Crippen LogP contribution in [0.2, 0.25) is 5.15 Å². The number of sulfonamides is 1. The summed E-state index contributed by atoms with van der Waals surface area (Å²) in [5.41, 5.74) is 20.6. The standard InChI is InChI=1S/C10H14N2O.C9H14N2O2S.C8H10BrN.C8H10ClN.C8H10FN.2C8H12N2.C8H11NO.C8H11N/c1-7(2)9-5-4-6-10(12-9)11-8(3)13;1-7(2)8-5-4-6-9(10-8)11-14(3,12)13;1-6(2)7-4-3-5-8(9)10-7;1-6(2)7-4-3-5-10-8(7)9;2*1-6(2)7-3-4-8(9)10-5-7;1-6(2)7-4-3-5-8(9)10-7;1-6(2)7-4-3-5-8(10)9-7;1-7(2)8-4-3-5-9-6-8/h4-7H,1-3H3,(H,11,12,13);4-7H,1-3H3,(H,10,11);3*3-6H,1-2H3;2*3-6H,1-2H3,(H2,9,10);3-6H,1-2H3,(H,9,10);3-7H,1-2H3. The highest BCUT2D eigenvalue weighted by Gasteiger charge is 2.08. The second-order valence-electron chi connectivity index (χ2n) is 24.8. The fraction of sp³-hybridized carbons (Fsp3) is 0.387. The van der Waals surface area contributed by atoms with Gasteiger partial charge in [-0.15, -0.1) is 0 Å². The second-order valence-corrected chi connectivity index (χ2v) is 27.7. The lowest BCUT2D eigenvalue weighted by atomic mass is 10.1. The average molecular weight is 1420 g/mol. The fourth-order valence-electron chi connectivity index (χ4n) is 7.41. The van der Waals surface area contributed by atoms with Crippen LogP contribution < -0.4 is 27.1 Å². The first-order chi connectivity index (χ1) is 45.0. The minimum Gasteiger partial charge on any atom is -0.384 e. The summed E-state index contributed by atoms with van der Waals surface area (Å²) in [4.78, 5) is 56.6. The highest BCUT2D eigenvalue weighted by molar-refractivity contribution is 9.10. The van der Waals surface area contributed by atoms with Crippen molar-refractivity contribution in [2.45, 2.75) is 185 Å². The number of nitrogens with one attached hydrogen (secondary N) is 3. The van der Waals surface area contributed by atoms with Gasteiger partial charge in [-0.3, -0.25) is 19.3 Å². The number of nitrogen functional groups attached to an aromatic ring is 2. The number of aromatic nitrogens is 9. The minimum absolute atomic E-state index is 0.0220. The third kappa shape index (κ3) is 38.9. The van der Waals surface area contributed by atoms with Gasteiger partial charge in [0.05, 0.1) is 6.26 Å². The van der Waals surface area contributed by atoms with Crippen molar-refractivity contribution >= 4 is 66.7 Å². The van der Waals surface area contributed by atoms with Crippen LogP contribution in [0.5, 0.6) is 0 Å². The number of halogens is 3. The highest BCUT2D eigenvalue weighted by Crippen LogP contribution is 2.22. The lowest BCUT2D eigenvalue weighted by Gasteiger charge is -2.07. The third-order valence-electron chi connectivity index (χ3n) is 13.1. The quantitative estimate of drug-likeness (QED) is 0.0713. The molecule has 21 heteroatoms. The molecule has 9 rings (SSSR count). The van der Waals surface area contributed by atoms with Crippen LogP contribution in [0.1, 0.15) is 236 Å². The fourth-order valence-corrected chi connectivity index (χ4v) is 8.60. The van der Waals surface area contributed by atoms with Crippen molar-refractivity contribution in [3.05, 3.63) is 247 Å². The Morgan fingerprint density at radius 2 is 0.958 bits per heavy atom. The number of nitrogens with zero attached hydrogens (tertiary/aromatic N) is 8. The molecule has 9 aromatic rings. The van der Waals surface area contributed by atoms with E-state index in [0.717, 1.165) is 50.5 Å². The molecule has 0 bridgehead atoms. The number of pyridine rings is 9. The summed E-state index contributed by atoms with van der Waals surface area (Å²) in [7, 11) is -3.23. The van der Waals surface area contributed by atoms with Crippen molar-refractivity contribution in [1.82, 2.24) is 44.9 Å². The number of rotatable bonds is 12. The van der Waals surface area contributed by atoms with E-state index >= 15 is 0 Å². The second kappa shape index (κ2) is 45.9. The van der Waals surface area contributed by atoms with E-state index in [1.165, 1.54) is 30.2 Å². The van der Waals surface area contributed by atoms with Gasteiger partial charge in [0.25, 0.3) is 0 Å². The average Bonchev–Trinajstić information content (AvgIpc) is 1.16. The van der Waals surface area contributed by atoms with Crippen LogP contribution in [-0.2, 0) is 14.8 Å². The smallest absolute Gasteiger partial charge is 0.248 e. The Kier molecular flexibility index (Phi) is 41.0. The van der Waals surface area contributed by atoms with E-state index in [1.54, 1.807) is 55.0 Å². The Morgan fingerprint density at radius 1 is 0.490 bits per heavy atom. The first-order valence-electron chi connectivity index (χ1n) is 32.1. The van der Waals surface area contributed by atoms with E-state index in [0.29, 0.717) is 75.8 Å². The number of hydrogen-bond donors (Lipinski definition) is 5. The normalized spacial score (nSPS) is 10.5. The largest absolute Gasteiger partial charge is 0.384 e. The maximum atomic E-state index is 12.2. The molecule has 96 heavy (non-hydrogen) atoms. The van der Waals surface area contributed by atoms with Crippen molar-refractivity contribution in [2.24, 2.45) is 0 Å². The molecule has 0 saturated heterocycles. The maximum absolute atomic E-state index is 12.2. The molecule has 0 spiro atoms. The van der Waals surface area contributed by atoms with Crippen molar-refractivity contribution in [3.8, 4) is 0 Å². The Bertz CT molecular complexity index is 3680. The Morgan fingerprint density at radius 3 is 1.32 bits per heavy atom. The molecule has 1 amide bonds. The molecular formula is C75H104BrClFN13O4S. The molecule has 9 aromatic heterocycles. The number of H-pyrrole nitrogens is 1. The van der Waals surface area contributed by atoms with Crippen molar-refractivity contribution in [1.29, 1.82) is 0 Å². The number of hydrogen-bond acceptors (Lipinski definition) is 14. The molecule has 0 atom stereocenters. The van der Waals surface area contributed by atoms with Gasteiger partial charge < -0.3 is 21.8 Å². The molecule has 0 aliphatic heterocycles. The Hall–Kier alpha value is -8.33. The number of aromatic amines is 1. The number of anilines is 4. The lowest BCUT2D eigenvalue weighted by Crippen LogP contribution is -2.11. The van der Waals surface area contributed by atoms with Gasteiger partial charge in [0.1, 0.15) is 33.0 Å². The molecule has 0 saturated carbocycles. The Balaban J connectivity index is 0.000000542. The molecule has 0 fully saturated rings. The van der Waals surface area contributed by atoms with Gasteiger partial charge in [-0.05, 0) is 170 Å². The molecule has 17 nitrogen and oxygen atoms in total. The van der Waals surface area contributed by atoms with Crippen molar-refractivity contribution in [3.63, 3.8) is 0 Å². The summed E-state index contributed by atoms with van der Waals surface area (Å²) in [5.74, 6) is 5.74. The molecule has 7 N–H and O–H groups in total. The van der Waals surface area contributed by atoms with Gasteiger partial charge in [0.2, 0.25) is 27.4 Å². The molecule has 0 aliphatic carbocycles. The number of carbonyl (C=O) groups is 1. The monoisotopic (exact) mass is 1420 g/mol. The summed E-state index contributed by atoms with van der Waals surface area (Å²) in [5, 5.41) is 3.27. The maximum Gasteiger partial charge on any atom is 0.248 e. The van der Waals surface area contributed by atoms with Gasteiger partial charge in [-0.25, -0.2) is 43.3 Å². The minimum atomic E-state index is -3.23. The SMILES string of the molecule is CC(=O)Nc1cccc(C(C)C)n1.CC(C)c1ccc(F)nc1.CC(C)c1ccc(N)nc1.CC(C)c1cccc(=O)[nH]1.CC(C)c1cccc(Br)n1.CC(C)c1cccc(N)n1.CC(C)c1cccc(NS(C)(=O)=O)n1.CC(C)c1cccnc1.CC(C)c1cccnc1Cl. The summed E-state index contributed by atoms with van der Waals surface area (Å²) in [6.07, 6.45) is 9.90. The van der Waals surface area contributed by atoms with E-state index in [9.17, 15) is 22.4 Å². The van der Waals surface area contributed by atoms with Gasteiger partial charge in [0.15, 0.2) is 0 Å². The molecule has 0 radical (unpaired) electrons. The van der Waals surface area contributed by atoms with Gasteiger partial charge in [-0.1, -0.05) is 191 Å². The molecule has 0 aromatic carbocycles. The van der Waals surface area contributed by atoms with Gasteiger partial charge in [-0.2, -0.15) is 4.39 Å². The van der Waals surface area contributed by atoms with Crippen LogP contribution in [0, 0.1) is 5.95 Å². The lowest BCUT2D eigenvalue weighted by molar-refractivity contribution is -0.114. The van der Waals surface area contributed by atoms with E-state index in [-0.39, 0.29) is 17.4 Å². The van der Waals surface area contributed by atoms with E-state index in [1.807, 2.05) is 125 Å². The van der Waals surface area contributed by atoms with Crippen molar-refractivity contribution < 1.29 is 17.6 Å². The third-order valence-corrected chi connectivity index (χ3v) is 14.4. The van der Waals surface area contributed by atoms with E-state index in [2.05, 4.69) is 174 Å². The van der Waals surface area contributed by atoms with Crippen LogP contribution in [0.15, 0.2) is 180 Å². The zero-order valence-corrected chi connectivity index (χ0v) is 62.9. The first-order valence-corrected chi connectivity index (χ1v) is 35.1. The number of nitrogens with two attached hydrogens (primary N) is 2. The summed E-state index contributed by atoms with van der Waals surface area (Å²) < 4.78 is 37.4. The first kappa shape index (κ1) is 85.7. The van der Waals surface area contributed by atoms with Crippen molar-refractivity contribution in [2.75, 3.05) is 27.8 Å².